The molecule has 1 aliphatic rings. The average Bonchev–Trinajstić information content (AvgIpc) is 2.51. The molecule has 0 aliphatic carbocycles. The predicted octanol–water partition coefficient (Wildman–Crippen LogP) is -0.0425. The monoisotopic (exact) mass is 344 g/mol. The molecule has 1 saturated heterocycles. The van der Waals surface area contributed by atoms with Crippen LogP contribution in [0.2, 0.25) is 0 Å². The summed E-state index contributed by atoms with van der Waals surface area (Å²) in [4.78, 5) is 6.36. The Morgan fingerprint density at radius 3 is 2.52 bits per heavy atom. The van der Waals surface area contributed by atoms with Gasteiger partial charge in [0, 0.05) is 32.7 Å². The van der Waals surface area contributed by atoms with Crippen LogP contribution in [0.1, 0.15) is 20.8 Å². The number of aliphatic imine (C=N–C) groups is 1. The minimum atomic E-state index is -3.27. The van der Waals surface area contributed by atoms with Gasteiger partial charge >= 0.3 is 0 Å². The number of rotatable bonds is 7. The van der Waals surface area contributed by atoms with E-state index in [0.717, 1.165) is 12.5 Å². The fourth-order valence-electron chi connectivity index (χ4n) is 2.24. The summed E-state index contributed by atoms with van der Waals surface area (Å²) >= 11 is 0. The highest BCUT2D eigenvalue weighted by molar-refractivity contribution is 7.89. The van der Waals surface area contributed by atoms with Crippen molar-refractivity contribution in [3.8, 4) is 12.3 Å². The van der Waals surface area contributed by atoms with Crippen LogP contribution in [0, 0.1) is 12.3 Å². The molecule has 0 aromatic carbocycles. The molecule has 1 heterocycles. The van der Waals surface area contributed by atoms with Gasteiger partial charge < -0.3 is 15.0 Å². The van der Waals surface area contributed by atoms with Gasteiger partial charge in [0.25, 0.3) is 0 Å². The Labute approximate surface area is 140 Å². The van der Waals surface area contributed by atoms with Crippen LogP contribution >= 0.6 is 0 Å². The molecule has 1 fully saturated rings. The van der Waals surface area contributed by atoms with Crippen molar-refractivity contribution >= 4 is 16.0 Å². The van der Waals surface area contributed by atoms with Crippen molar-refractivity contribution in [1.29, 1.82) is 0 Å². The lowest BCUT2D eigenvalue weighted by atomic mass is 10.4. The second-order valence-electron chi connectivity index (χ2n) is 5.50. The normalized spacial score (nSPS) is 17.3. The van der Waals surface area contributed by atoms with E-state index in [2.05, 4.69) is 16.2 Å². The number of ether oxygens (including phenoxy) is 1. The topological polar surface area (TPSA) is 74.2 Å². The summed E-state index contributed by atoms with van der Waals surface area (Å²) in [5.74, 6) is 3.25. The molecule has 23 heavy (non-hydrogen) atoms. The molecule has 0 spiro atoms. The van der Waals surface area contributed by atoms with E-state index >= 15 is 0 Å². The summed E-state index contributed by atoms with van der Waals surface area (Å²) in [5.41, 5.74) is 0. The van der Waals surface area contributed by atoms with Gasteiger partial charge in [0.2, 0.25) is 10.0 Å². The van der Waals surface area contributed by atoms with Crippen molar-refractivity contribution in [2.45, 2.75) is 26.9 Å². The molecule has 0 aromatic heterocycles. The lowest BCUT2D eigenvalue weighted by Gasteiger charge is -2.35. The molecule has 0 radical (unpaired) electrons. The van der Waals surface area contributed by atoms with Crippen molar-refractivity contribution in [3.05, 3.63) is 0 Å². The second-order valence-corrected chi connectivity index (χ2v) is 7.58. The summed E-state index contributed by atoms with van der Waals surface area (Å²) in [6.07, 6.45) is 5.29. The highest BCUT2D eigenvalue weighted by Gasteiger charge is 2.27. The zero-order valence-corrected chi connectivity index (χ0v) is 15.1. The molecule has 0 bridgehead atoms. The standard InChI is InChI=1S/C15H28N4O3S/c1-5-7-17-15(16-6-2)18-8-10-19(11-9-18)23(20,21)13-12-22-14(3)4/h1,14H,6-13H2,2-4H3,(H,16,17). The molecule has 1 aliphatic heterocycles. The third kappa shape index (κ3) is 6.77. The zero-order chi connectivity index (χ0) is 17.3. The molecule has 132 valence electrons. The fourth-order valence-corrected chi connectivity index (χ4v) is 3.53. The molecule has 0 saturated carbocycles. The quantitative estimate of drug-likeness (QED) is 0.398. The van der Waals surface area contributed by atoms with E-state index in [-0.39, 0.29) is 18.5 Å². The number of guanidine groups is 1. The average molecular weight is 344 g/mol. The Hall–Kier alpha value is -1.30. The lowest BCUT2D eigenvalue weighted by molar-refractivity contribution is 0.0904. The maximum Gasteiger partial charge on any atom is 0.216 e. The second kappa shape index (κ2) is 9.75. The number of nitrogens with zero attached hydrogens (tertiary/aromatic N) is 3. The molecule has 0 amide bonds. The van der Waals surface area contributed by atoms with Crippen molar-refractivity contribution in [2.24, 2.45) is 4.99 Å². The van der Waals surface area contributed by atoms with E-state index in [9.17, 15) is 8.42 Å². The first-order chi connectivity index (χ1) is 10.9. The summed E-state index contributed by atoms with van der Waals surface area (Å²) in [7, 11) is -3.27. The Morgan fingerprint density at radius 2 is 2.00 bits per heavy atom. The lowest BCUT2D eigenvalue weighted by Crippen LogP contribution is -2.54. The molecular weight excluding hydrogens is 316 g/mol. The maximum atomic E-state index is 12.3. The van der Waals surface area contributed by atoms with Crippen LogP contribution in [0.25, 0.3) is 0 Å². The molecule has 1 N–H and O–H groups in total. The minimum absolute atomic E-state index is 0.0242. The van der Waals surface area contributed by atoms with E-state index in [1.54, 1.807) is 0 Å². The number of hydrogen-bond acceptors (Lipinski definition) is 4. The fraction of sp³-hybridized carbons (Fsp3) is 0.800. The highest BCUT2D eigenvalue weighted by Crippen LogP contribution is 2.09. The van der Waals surface area contributed by atoms with Crippen molar-refractivity contribution in [1.82, 2.24) is 14.5 Å². The summed E-state index contributed by atoms with van der Waals surface area (Å²) < 4.78 is 31.5. The molecule has 0 unspecified atom stereocenters. The molecule has 7 nitrogen and oxygen atoms in total. The SMILES string of the molecule is C#CCN=C(NCC)N1CCN(S(=O)(=O)CCOC(C)C)CC1. The van der Waals surface area contributed by atoms with Gasteiger partial charge in [-0.1, -0.05) is 5.92 Å². The first-order valence-electron chi connectivity index (χ1n) is 7.96. The largest absolute Gasteiger partial charge is 0.378 e. The number of nitrogens with one attached hydrogen (secondary N) is 1. The Balaban J connectivity index is 2.55. The van der Waals surface area contributed by atoms with Crippen LogP contribution in [0.3, 0.4) is 0 Å². The molecular formula is C15H28N4O3S. The Morgan fingerprint density at radius 1 is 1.35 bits per heavy atom. The van der Waals surface area contributed by atoms with Gasteiger partial charge in [-0.3, -0.25) is 0 Å². The molecule has 1 rings (SSSR count). The van der Waals surface area contributed by atoms with Gasteiger partial charge in [-0.25, -0.2) is 13.4 Å². The van der Waals surface area contributed by atoms with Crippen molar-refractivity contribution in [2.75, 3.05) is 51.6 Å². The molecule has 0 atom stereocenters. The highest BCUT2D eigenvalue weighted by atomic mass is 32.2. The van der Waals surface area contributed by atoms with Gasteiger partial charge in [-0.15, -0.1) is 6.42 Å². The minimum Gasteiger partial charge on any atom is -0.378 e. The summed E-state index contributed by atoms with van der Waals surface area (Å²) in [6.45, 7) is 9.15. The van der Waals surface area contributed by atoms with Crippen LogP contribution in [-0.2, 0) is 14.8 Å². The van der Waals surface area contributed by atoms with E-state index < -0.39 is 10.0 Å². The number of piperazine rings is 1. The summed E-state index contributed by atoms with van der Waals surface area (Å²) in [6, 6.07) is 0. The van der Waals surface area contributed by atoms with Gasteiger partial charge in [-0.2, -0.15) is 4.31 Å². The van der Waals surface area contributed by atoms with Gasteiger partial charge in [0.15, 0.2) is 5.96 Å². The van der Waals surface area contributed by atoms with E-state index in [4.69, 9.17) is 11.2 Å². The van der Waals surface area contributed by atoms with Crippen LogP contribution in [-0.4, -0.2) is 81.3 Å². The van der Waals surface area contributed by atoms with Crippen LogP contribution in [0.5, 0.6) is 0 Å². The molecule has 0 aromatic rings. The first kappa shape index (κ1) is 19.7. The van der Waals surface area contributed by atoms with Crippen LogP contribution in [0.4, 0.5) is 0 Å². The van der Waals surface area contributed by atoms with Gasteiger partial charge in [0.05, 0.1) is 18.5 Å². The summed E-state index contributed by atoms with van der Waals surface area (Å²) in [5, 5.41) is 3.18. The van der Waals surface area contributed by atoms with Gasteiger partial charge in [0.1, 0.15) is 6.54 Å². The predicted molar refractivity (Wildman–Crippen MR) is 92.8 cm³/mol. The number of hydrogen-bond donors (Lipinski definition) is 1. The van der Waals surface area contributed by atoms with Crippen molar-refractivity contribution < 1.29 is 13.2 Å². The Bertz CT molecular complexity index is 517. The third-order valence-electron chi connectivity index (χ3n) is 3.38. The first-order valence-corrected chi connectivity index (χ1v) is 9.57. The van der Waals surface area contributed by atoms with E-state index in [1.807, 2.05) is 25.7 Å². The zero-order valence-electron chi connectivity index (χ0n) is 14.3. The maximum absolute atomic E-state index is 12.3. The number of terminal acetylenes is 1. The smallest absolute Gasteiger partial charge is 0.216 e. The van der Waals surface area contributed by atoms with Crippen LogP contribution in [0.15, 0.2) is 4.99 Å². The molecule has 8 heteroatoms. The van der Waals surface area contributed by atoms with Crippen molar-refractivity contribution in [3.63, 3.8) is 0 Å². The van der Waals surface area contributed by atoms with Crippen LogP contribution < -0.4 is 5.32 Å². The Kier molecular flexibility index (Phi) is 8.37. The van der Waals surface area contributed by atoms with Gasteiger partial charge in [-0.05, 0) is 20.8 Å². The number of sulfonamides is 1. The van der Waals surface area contributed by atoms with E-state index in [0.29, 0.717) is 32.7 Å². The van der Waals surface area contributed by atoms with E-state index in [1.165, 1.54) is 4.31 Å². The third-order valence-corrected chi connectivity index (χ3v) is 5.21.